The van der Waals surface area contributed by atoms with Gasteiger partial charge in [0.1, 0.15) is 0 Å². The minimum Gasteiger partial charge on any atom is -0.364 e. The van der Waals surface area contributed by atoms with Crippen LogP contribution in [0.3, 0.4) is 0 Å². The van der Waals surface area contributed by atoms with Crippen molar-refractivity contribution in [2.24, 2.45) is 0 Å². The average Bonchev–Trinajstić information content (AvgIpc) is 3.38. The molecule has 0 fully saturated rings. The number of amides is 2. The highest BCUT2D eigenvalue weighted by molar-refractivity contribution is 7.92. The number of para-hydroxylation sites is 3. The van der Waals surface area contributed by atoms with Gasteiger partial charge in [-0.2, -0.15) is 8.42 Å². The highest BCUT2D eigenvalue weighted by Gasteiger charge is 2.28. The Kier molecular flexibility index (Phi) is 7.53. The molecule has 0 atom stereocenters. The maximum absolute atomic E-state index is 13.5. The van der Waals surface area contributed by atoms with Gasteiger partial charge in [0, 0.05) is 5.56 Å². The molecule has 0 unspecified atom stereocenters. The van der Waals surface area contributed by atoms with Crippen LogP contribution in [-0.2, 0) is 14.8 Å². The van der Waals surface area contributed by atoms with Gasteiger partial charge in [-0.3, -0.25) is 9.59 Å². The molecular formula is C28H22N4O5S2. The van der Waals surface area contributed by atoms with Crippen molar-refractivity contribution in [1.82, 2.24) is 10.3 Å². The summed E-state index contributed by atoms with van der Waals surface area (Å²) in [5, 5.41) is 5.64. The summed E-state index contributed by atoms with van der Waals surface area (Å²) < 4.78 is 28.8. The molecule has 0 aliphatic heterocycles. The Hall–Kier alpha value is -4.74. The SMILES string of the molecule is O=C(CNC(=O)c1ccc(S(=O)(=O)N(Oc2ccccc2)c2ccccc2)cc1)Nc1nc2ccccc2s1. The fraction of sp³-hybridized carbons (Fsp3) is 0.0357. The average molecular weight is 559 g/mol. The molecule has 196 valence electrons. The van der Waals surface area contributed by atoms with E-state index in [0.29, 0.717) is 16.6 Å². The van der Waals surface area contributed by atoms with Gasteiger partial charge in [-0.1, -0.05) is 64.3 Å². The van der Waals surface area contributed by atoms with E-state index in [-0.39, 0.29) is 17.0 Å². The molecule has 0 aliphatic rings. The number of carbonyl (C=O) groups is 2. The third-order valence-electron chi connectivity index (χ3n) is 5.48. The second-order valence-electron chi connectivity index (χ2n) is 8.21. The summed E-state index contributed by atoms with van der Waals surface area (Å²) in [6.07, 6.45) is 0. The van der Waals surface area contributed by atoms with Crippen LogP contribution in [-0.4, -0.2) is 31.8 Å². The highest BCUT2D eigenvalue weighted by Crippen LogP contribution is 2.27. The molecule has 0 saturated carbocycles. The second-order valence-corrected chi connectivity index (χ2v) is 11.0. The monoisotopic (exact) mass is 558 g/mol. The Labute approximate surface area is 228 Å². The number of sulfonamides is 1. The molecule has 0 saturated heterocycles. The van der Waals surface area contributed by atoms with E-state index in [2.05, 4.69) is 15.6 Å². The van der Waals surface area contributed by atoms with Crippen molar-refractivity contribution >= 4 is 54.2 Å². The Morgan fingerprint density at radius 1 is 0.821 bits per heavy atom. The zero-order valence-electron chi connectivity index (χ0n) is 20.4. The normalized spacial score (nSPS) is 11.1. The molecule has 0 bridgehead atoms. The van der Waals surface area contributed by atoms with Crippen molar-refractivity contribution in [3.05, 3.63) is 115 Å². The summed E-state index contributed by atoms with van der Waals surface area (Å²) in [5.74, 6) is -0.623. The van der Waals surface area contributed by atoms with Gasteiger partial charge in [0.05, 0.1) is 27.3 Å². The molecule has 0 radical (unpaired) electrons. The van der Waals surface area contributed by atoms with Crippen molar-refractivity contribution in [2.45, 2.75) is 4.90 Å². The number of hydrogen-bond acceptors (Lipinski definition) is 7. The zero-order chi connectivity index (χ0) is 27.2. The van der Waals surface area contributed by atoms with E-state index < -0.39 is 21.8 Å². The number of thiazole rings is 1. The van der Waals surface area contributed by atoms with Crippen LogP contribution in [0.4, 0.5) is 10.8 Å². The summed E-state index contributed by atoms with van der Waals surface area (Å²) >= 11 is 1.33. The van der Waals surface area contributed by atoms with Crippen LogP contribution >= 0.6 is 11.3 Å². The van der Waals surface area contributed by atoms with Crippen molar-refractivity contribution in [1.29, 1.82) is 0 Å². The number of nitrogens with one attached hydrogen (secondary N) is 2. The van der Waals surface area contributed by atoms with Crippen molar-refractivity contribution in [2.75, 3.05) is 16.3 Å². The van der Waals surface area contributed by atoms with E-state index in [0.717, 1.165) is 14.7 Å². The lowest BCUT2D eigenvalue weighted by atomic mass is 10.2. The van der Waals surface area contributed by atoms with Crippen LogP contribution in [0.15, 0.2) is 114 Å². The third kappa shape index (κ3) is 6.06. The molecule has 39 heavy (non-hydrogen) atoms. The molecule has 9 nitrogen and oxygen atoms in total. The van der Waals surface area contributed by atoms with Crippen LogP contribution in [0.5, 0.6) is 5.75 Å². The quantitative estimate of drug-likeness (QED) is 0.250. The molecule has 2 amide bonds. The first-order valence-corrected chi connectivity index (χ1v) is 14.0. The van der Waals surface area contributed by atoms with Crippen LogP contribution in [0.25, 0.3) is 10.2 Å². The lowest BCUT2D eigenvalue weighted by molar-refractivity contribution is -0.115. The number of fused-ring (bicyclic) bond motifs is 1. The highest BCUT2D eigenvalue weighted by atomic mass is 32.2. The van der Waals surface area contributed by atoms with Crippen LogP contribution in [0, 0.1) is 0 Å². The number of anilines is 2. The van der Waals surface area contributed by atoms with Crippen LogP contribution in [0.1, 0.15) is 10.4 Å². The van der Waals surface area contributed by atoms with Gasteiger partial charge >= 0.3 is 0 Å². The van der Waals surface area contributed by atoms with Gasteiger partial charge in [-0.25, -0.2) is 4.98 Å². The number of nitrogens with zero attached hydrogens (tertiary/aromatic N) is 2. The largest absolute Gasteiger partial charge is 0.364 e. The topological polar surface area (TPSA) is 118 Å². The Bertz CT molecular complexity index is 1670. The molecule has 5 rings (SSSR count). The first-order valence-electron chi connectivity index (χ1n) is 11.8. The second kappa shape index (κ2) is 11.3. The summed E-state index contributed by atoms with van der Waals surface area (Å²) in [7, 11) is -4.16. The van der Waals surface area contributed by atoms with Crippen LogP contribution in [0.2, 0.25) is 0 Å². The van der Waals surface area contributed by atoms with Crippen molar-refractivity contribution < 1.29 is 22.8 Å². The van der Waals surface area contributed by atoms with Gasteiger partial charge < -0.3 is 15.5 Å². The Morgan fingerprint density at radius 2 is 1.46 bits per heavy atom. The lowest BCUT2D eigenvalue weighted by Gasteiger charge is -2.24. The molecule has 4 aromatic carbocycles. The fourth-order valence-corrected chi connectivity index (χ4v) is 5.73. The molecule has 11 heteroatoms. The van der Waals surface area contributed by atoms with E-state index in [9.17, 15) is 18.0 Å². The third-order valence-corrected chi connectivity index (χ3v) is 8.02. The van der Waals surface area contributed by atoms with Gasteiger partial charge in [0.25, 0.3) is 15.9 Å². The molecule has 1 aromatic heterocycles. The van der Waals surface area contributed by atoms with Gasteiger partial charge in [0.15, 0.2) is 10.9 Å². The maximum Gasteiger partial charge on any atom is 0.295 e. The predicted octanol–water partition coefficient (Wildman–Crippen LogP) is 4.85. The Morgan fingerprint density at radius 3 is 2.15 bits per heavy atom. The van der Waals surface area contributed by atoms with E-state index in [1.807, 2.05) is 24.3 Å². The summed E-state index contributed by atoms with van der Waals surface area (Å²) in [6, 6.07) is 29.8. The Balaban J connectivity index is 1.26. The minimum absolute atomic E-state index is 0.0765. The first-order chi connectivity index (χ1) is 18.9. The van der Waals surface area contributed by atoms with E-state index in [1.165, 1.54) is 35.6 Å². The van der Waals surface area contributed by atoms with Gasteiger partial charge in [-0.15, -0.1) is 0 Å². The first kappa shape index (κ1) is 25.9. The summed E-state index contributed by atoms with van der Waals surface area (Å²) in [5.41, 5.74) is 1.27. The van der Waals surface area contributed by atoms with E-state index >= 15 is 0 Å². The van der Waals surface area contributed by atoms with E-state index in [4.69, 9.17) is 4.84 Å². The number of aromatic nitrogens is 1. The molecule has 1 heterocycles. The molecule has 5 aromatic rings. The molecule has 0 spiro atoms. The number of benzene rings is 4. The molecule has 2 N–H and O–H groups in total. The summed E-state index contributed by atoms with van der Waals surface area (Å²) in [4.78, 5) is 34.9. The molecule has 0 aliphatic carbocycles. The van der Waals surface area contributed by atoms with Crippen molar-refractivity contribution in [3.63, 3.8) is 0 Å². The van der Waals surface area contributed by atoms with Crippen molar-refractivity contribution in [3.8, 4) is 5.75 Å². The van der Waals surface area contributed by atoms with Gasteiger partial charge in [0.2, 0.25) is 5.91 Å². The van der Waals surface area contributed by atoms with E-state index in [1.54, 1.807) is 60.7 Å². The number of rotatable bonds is 9. The predicted molar refractivity (Wildman–Crippen MR) is 150 cm³/mol. The van der Waals surface area contributed by atoms with Gasteiger partial charge in [-0.05, 0) is 60.7 Å². The smallest absolute Gasteiger partial charge is 0.295 e. The number of hydrogen-bond donors (Lipinski definition) is 2. The lowest BCUT2D eigenvalue weighted by Crippen LogP contribution is -2.34. The zero-order valence-corrected chi connectivity index (χ0v) is 22.0. The number of carbonyl (C=O) groups excluding carboxylic acids is 2. The summed E-state index contributed by atoms with van der Waals surface area (Å²) in [6.45, 7) is -0.276. The van der Waals surface area contributed by atoms with Crippen LogP contribution < -0.4 is 19.9 Å². The maximum atomic E-state index is 13.5. The minimum atomic E-state index is -4.16. The molecular weight excluding hydrogens is 536 g/mol. The fourth-order valence-electron chi connectivity index (χ4n) is 3.59. The standard InChI is InChI=1S/C28H22N4O5S2/c33-26(31-28-30-24-13-7-8-14-25(24)38-28)19-29-27(34)20-15-17-23(18-16-20)39(35,36)32(21-9-3-1-4-10-21)37-22-11-5-2-6-12-22/h1-18H,19H2,(H,29,34)(H,30,31,33).